The molecule has 118 valence electrons. The van der Waals surface area contributed by atoms with Crippen molar-refractivity contribution >= 4 is 11.6 Å². The van der Waals surface area contributed by atoms with Gasteiger partial charge in [-0.1, -0.05) is 24.6 Å². The van der Waals surface area contributed by atoms with E-state index < -0.39 is 6.61 Å². The minimum atomic E-state index is -2.87. The van der Waals surface area contributed by atoms with Crippen molar-refractivity contribution in [3.05, 3.63) is 28.8 Å². The summed E-state index contributed by atoms with van der Waals surface area (Å²) < 4.78 is 28.7. The van der Waals surface area contributed by atoms with Crippen molar-refractivity contribution in [2.24, 2.45) is 5.41 Å². The molecule has 0 bridgehead atoms. The van der Waals surface area contributed by atoms with Gasteiger partial charge < -0.3 is 9.84 Å². The van der Waals surface area contributed by atoms with Crippen molar-refractivity contribution in [3.8, 4) is 5.75 Å². The van der Waals surface area contributed by atoms with Crippen LogP contribution in [0, 0.1) is 5.41 Å². The number of hydrogen-bond donors (Lipinski definition) is 1. The lowest BCUT2D eigenvalue weighted by Gasteiger charge is -2.39. The average molecular weight is 320 g/mol. The van der Waals surface area contributed by atoms with Gasteiger partial charge in [-0.2, -0.15) is 8.78 Å². The van der Waals surface area contributed by atoms with Crippen LogP contribution in [0.2, 0.25) is 5.02 Å². The van der Waals surface area contributed by atoms with E-state index in [1.807, 2.05) is 0 Å². The predicted octanol–water partition coefficient (Wildman–Crippen LogP) is 3.54. The smallest absolute Gasteiger partial charge is 0.387 e. The minimum Gasteiger partial charge on any atom is -0.433 e. The van der Waals surface area contributed by atoms with Gasteiger partial charge in [0.15, 0.2) is 0 Å². The maximum Gasteiger partial charge on any atom is 0.387 e. The Balaban J connectivity index is 2.01. The predicted molar refractivity (Wildman–Crippen MR) is 77.8 cm³/mol. The van der Waals surface area contributed by atoms with Gasteiger partial charge in [-0.05, 0) is 37.1 Å². The second-order valence-corrected chi connectivity index (χ2v) is 6.33. The molecular formula is C15H20ClF2NO2. The number of likely N-dealkylation sites (tertiary alicyclic amines) is 1. The first-order valence-electron chi connectivity index (χ1n) is 6.98. The third-order valence-corrected chi connectivity index (χ3v) is 4.16. The topological polar surface area (TPSA) is 32.7 Å². The van der Waals surface area contributed by atoms with Crippen LogP contribution in [-0.2, 0) is 6.54 Å². The summed E-state index contributed by atoms with van der Waals surface area (Å²) in [5.74, 6) is -0.00532. The molecule has 0 radical (unpaired) electrons. The first kappa shape index (κ1) is 16.5. The van der Waals surface area contributed by atoms with Crippen LogP contribution in [0.5, 0.6) is 5.75 Å². The highest BCUT2D eigenvalue weighted by Crippen LogP contribution is 2.31. The Hall–Kier alpha value is -0.910. The van der Waals surface area contributed by atoms with Gasteiger partial charge >= 0.3 is 6.61 Å². The van der Waals surface area contributed by atoms with Gasteiger partial charge in [-0.15, -0.1) is 0 Å². The van der Waals surface area contributed by atoms with E-state index in [9.17, 15) is 13.9 Å². The molecule has 3 nitrogen and oxygen atoms in total. The molecule has 2 rings (SSSR count). The van der Waals surface area contributed by atoms with E-state index in [0.717, 1.165) is 31.5 Å². The molecule has 1 aliphatic heterocycles. The molecule has 1 saturated heterocycles. The molecule has 1 aliphatic rings. The highest BCUT2D eigenvalue weighted by Gasteiger charge is 2.30. The van der Waals surface area contributed by atoms with Crippen LogP contribution in [0.15, 0.2) is 18.2 Å². The molecule has 0 amide bonds. The van der Waals surface area contributed by atoms with Gasteiger partial charge in [0, 0.05) is 25.1 Å². The van der Waals surface area contributed by atoms with Crippen LogP contribution in [0.4, 0.5) is 8.78 Å². The number of piperidine rings is 1. The summed E-state index contributed by atoms with van der Waals surface area (Å²) in [6, 6.07) is 4.87. The van der Waals surface area contributed by atoms with Crippen molar-refractivity contribution in [3.63, 3.8) is 0 Å². The van der Waals surface area contributed by atoms with Crippen LogP contribution >= 0.6 is 11.6 Å². The Morgan fingerprint density at radius 1 is 1.48 bits per heavy atom. The first-order valence-corrected chi connectivity index (χ1v) is 7.36. The van der Waals surface area contributed by atoms with Crippen molar-refractivity contribution in [2.45, 2.75) is 32.9 Å². The average Bonchev–Trinajstić information content (AvgIpc) is 2.42. The molecule has 6 heteroatoms. The van der Waals surface area contributed by atoms with Crippen molar-refractivity contribution in [2.75, 3.05) is 19.7 Å². The Morgan fingerprint density at radius 2 is 2.24 bits per heavy atom. The van der Waals surface area contributed by atoms with Crippen LogP contribution in [0.25, 0.3) is 0 Å². The Labute approximate surface area is 128 Å². The molecule has 1 N–H and O–H groups in total. The lowest BCUT2D eigenvalue weighted by atomic mass is 9.82. The van der Waals surface area contributed by atoms with E-state index in [-0.39, 0.29) is 22.8 Å². The number of nitrogens with zero attached hydrogens (tertiary/aromatic N) is 1. The van der Waals surface area contributed by atoms with Gasteiger partial charge in [-0.3, -0.25) is 4.90 Å². The van der Waals surface area contributed by atoms with E-state index >= 15 is 0 Å². The number of benzene rings is 1. The second kappa shape index (κ2) is 6.90. The Bertz CT molecular complexity index is 487. The summed E-state index contributed by atoms with van der Waals surface area (Å²) in [6.07, 6.45) is 2.05. The molecule has 0 aliphatic carbocycles. The third-order valence-electron chi connectivity index (χ3n) is 3.86. The SMILES string of the molecule is CC1(CO)CCCN(Cc2ccc(OC(F)F)c(Cl)c2)C1. The number of ether oxygens (including phenoxy) is 1. The minimum absolute atomic E-state index is 0.00532. The highest BCUT2D eigenvalue weighted by molar-refractivity contribution is 6.32. The normalized spacial score (nSPS) is 23.5. The van der Waals surface area contributed by atoms with E-state index in [0.29, 0.717) is 6.54 Å². The Morgan fingerprint density at radius 3 is 2.86 bits per heavy atom. The highest BCUT2D eigenvalue weighted by atomic mass is 35.5. The maximum absolute atomic E-state index is 12.2. The van der Waals surface area contributed by atoms with Gasteiger partial charge in [0.25, 0.3) is 0 Å². The summed E-state index contributed by atoms with van der Waals surface area (Å²) in [4.78, 5) is 2.25. The zero-order valence-corrected chi connectivity index (χ0v) is 12.7. The largest absolute Gasteiger partial charge is 0.433 e. The molecule has 1 heterocycles. The fourth-order valence-electron chi connectivity index (χ4n) is 2.78. The molecule has 1 atom stereocenters. The third kappa shape index (κ3) is 4.53. The zero-order chi connectivity index (χ0) is 15.5. The molecule has 1 aromatic rings. The van der Waals surface area contributed by atoms with Crippen molar-refractivity contribution in [1.82, 2.24) is 4.90 Å². The van der Waals surface area contributed by atoms with Gasteiger partial charge in [-0.25, -0.2) is 0 Å². The first-order chi connectivity index (χ1) is 9.92. The van der Waals surface area contributed by atoms with Crippen LogP contribution in [0.1, 0.15) is 25.3 Å². The van der Waals surface area contributed by atoms with Crippen molar-refractivity contribution in [1.29, 1.82) is 0 Å². The summed E-state index contributed by atoms with van der Waals surface area (Å²) >= 11 is 5.96. The maximum atomic E-state index is 12.2. The van der Waals surface area contributed by atoms with Gasteiger partial charge in [0.2, 0.25) is 0 Å². The zero-order valence-electron chi connectivity index (χ0n) is 12.0. The fraction of sp³-hybridized carbons (Fsp3) is 0.600. The standard InChI is InChI=1S/C15H20ClF2NO2/c1-15(10-20)5-2-6-19(9-15)8-11-3-4-13(12(16)7-11)21-14(17)18/h3-4,7,14,20H,2,5-6,8-10H2,1H3. The van der Waals surface area contributed by atoms with Gasteiger partial charge in [0.05, 0.1) is 5.02 Å². The number of halogens is 3. The summed E-state index contributed by atoms with van der Waals surface area (Å²) in [6.45, 7) is 1.83. The molecular weight excluding hydrogens is 300 g/mol. The monoisotopic (exact) mass is 319 g/mol. The summed E-state index contributed by atoms with van der Waals surface area (Å²) in [5.41, 5.74) is 0.879. The number of alkyl halides is 2. The van der Waals surface area contributed by atoms with Crippen LogP contribution in [-0.4, -0.2) is 36.3 Å². The second-order valence-electron chi connectivity index (χ2n) is 5.93. The number of aliphatic hydroxyl groups excluding tert-OH is 1. The van der Waals surface area contributed by atoms with E-state index in [1.54, 1.807) is 12.1 Å². The van der Waals surface area contributed by atoms with E-state index in [1.165, 1.54) is 6.07 Å². The molecule has 21 heavy (non-hydrogen) atoms. The molecule has 1 unspecified atom stereocenters. The molecule has 1 fully saturated rings. The summed E-state index contributed by atoms with van der Waals surface area (Å²) in [5, 5.41) is 9.65. The molecule has 0 saturated carbocycles. The summed E-state index contributed by atoms with van der Waals surface area (Å²) in [7, 11) is 0. The lowest BCUT2D eigenvalue weighted by Crippen LogP contribution is -2.43. The Kier molecular flexibility index (Phi) is 5.41. The van der Waals surface area contributed by atoms with Crippen LogP contribution < -0.4 is 4.74 Å². The van der Waals surface area contributed by atoms with Crippen molar-refractivity contribution < 1.29 is 18.6 Å². The lowest BCUT2D eigenvalue weighted by molar-refractivity contribution is -0.0498. The molecule has 0 spiro atoms. The van der Waals surface area contributed by atoms with E-state index in [4.69, 9.17) is 11.6 Å². The quantitative estimate of drug-likeness (QED) is 0.901. The number of hydrogen-bond acceptors (Lipinski definition) is 3. The molecule has 0 aromatic heterocycles. The van der Waals surface area contributed by atoms with Crippen LogP contribution in [0.3, 0.4) is 0 Å². The van der Waals surface area contributed by atoms with E-state index in [2.05, 4.69) is 16.6 Å². The number of aliphatic hydroxyl groups is 1. The number of rotatable bonds is 5. The fourth-order valence-corrected chi connectivity index (χ4v) is 3.03. The van der Waals surface area contributed by atoms with Gasteiger partial charge in [0.1, 0.15) is 5.75 Å². The molecule has 1 aromatic carbocycles.